The van der Waals surface area contributed by atoms with Crippen LogP contribution in [0.1, 0.15) is 25.3 Å². The molecule has 0 aliphatic carbocycles. The van der Waals surface area contributed by atoms with Crippen LogP contribution < -0.4 is 15.0 Å². The molecule has 26 heavy (non-hydrogen) atoms. The van der Waals surface area contributed by atoms with E-state index in [9.17, 15) is 9.59 Å². The fourth-order valence-electron chi connectivity index (χ4n) is 3.12. The van der Waals surface area contributed by atoms with Crippen LogP contribution in [0.4, 0.5) is 5.69 Å². The van der Waals surface area contributed by atoms with Crippen LogP contribution in [0.3, 0.4) is 0 Å². The maximum atomic E-state index is 12.6. The van der Waals surface area contributed by atoms with Gasteiger partial charge in [-0.25, -0.2) is 0 Å². The summed E-state index contributed by atoms with van der Waals surface area (Å²) in [6.07, 6.45) is 1.80. The zero-order valence-electron chi connectivity index (χ0n) is 15.0. The minimum Gasteiger partial charge on any atom is -0.494 e. The molecule has 1 N–H and O–H groups in total. The molecular formula is C21H24N2O3. The SMILES string of the molecule is C[C@@H](NC(=O)CCCOc1ccccc1)C(=O)N1CCc2ccccc21. The molecule has 2 aromatic rings. The molecule has 0 unspecified atom stereocenters. The maximum Gasteiger partial charge on any atom is 0.249 e. The van der Waals surface area contributed by atoms with Crippen molar-refractivity contribution < 1.29 is 14.3 Å². The molecule has 3 rings (SSSR count). The maximum absolute atomic E-state index is 12.6. The second kappa shape index (κ2) is 8.52. The van der Waals surface area contributed by atoms with Gasteiger partial charge in [0.05, 0.1) is 6.61 Å². The van der Waals surface area contributed by atoms with E-state index in [1.165, 1.54) is 5.56 Å². The summed E-state index contributed by atoms with van der Waals surface area (Å²) in [4.78, 5) is 26.5. The number of nitrogens with zero attached hydrogens (tertiary/aromatic N) is 1. The van der Waals surface area contributed by atoms with Crippen molar-refractivity contribution in [1.82, 2.24) is 5.32 Å². The minimum atomic E-state index is -0.538. The molecule has 0 aromatic heterocycles. The number of carbonyl (C=O) groups excluding carboxylic acids is 2. The van der Waals surface area contributed by atoms with E-state index in [0.29, 0.717) is 26.0 Å². The lowest BCUT2D eigenvalue weighted by Crippen LogP contribution is -2.46. The van der Waals surface area contributed by atoms with Crippen LogP contribution in [0.2, 0.25) is 0 Å². The molecule has 2 aromatic carbocycles. The van der Waals surface area contributed by atoms with Gasteiger partial charge in [-0.15, -0.1) is 0 Å². The lowest BCUT2D eigenvalue weighted by molar-refractivity contribution is -0.127. The first-order valence-electron chi connectivity index (χ1n) is 9.01. The van der Waals surface area contributed by atoms with Crippen LogP contribution in [-0.4, -0.2) is 31.0 Å². The molecule has 0 fully saturated rings. The summed E-state index contributed by atoms with van der Waals surface area (Å²) < 4.78 is 5.57. The van der Waals surface area contributed by atoms with Crippen LogP contribution in [0.15, 0.2) is 54.6 Å². The molecule has 136 valence electrons. The van der Waals surface area contributed by atoms with Crippen LogP contribution in [0, 0.1) is 0 Å². The average molecular weight is 352 g/mol. The number of hydrogen-bond acceptors (Lipinski definition) is 3. The molecular weight excluding hydrogens is 328 g/mol. The Balaban J connectivity index is 1.42. The first-order chi connectivity index (χ1) is 12.6. The third-order valence-electron chi connectivity index (χ3n) is 4.46. The first-order valence-corrected chi connectivity index (χ1v) is 9.01. The van der Waals surface area contributed by atoms with E-state index < -0.39 is 6.04 Å². The molecule has 1 aliphatic heterocycles. The number of benzene rings is 2. The van der Waals surface area contributed by atoms with Crippen molar-refractivity contribution in [3.05, 3.63) is 60.2 Å². The molecule has 2 amide bonds. The summed E-state index contributed by atoms with van der Waals surface area (Å²) in [6.45, 7) is 2.88. The normalized spacial score (nSPS) is 13.8. The van der Waals surface area contributed by atoms with Gasteiger partial charge in [0.25, 0.3) is 0 Å². The minimum absolute atomic E-state index is 0.0659. The summed E-state index contributed by atoms with van der Waals surface area (Å²) in [5.74, 6) is 0.600. The van der Waals surface area contributed by atoms with Crippen LogP contribution >= 0.6 is 0 Å². The second-order valence-electron chi connectivity index (χ2n) is 6.42. The lowest BCUT2D eigenvalue weighted by atomic mass is 10.2. The molecule has 5 nitrogen and oxygen atoms in total. The van der Waals surface area contributed by atoms with Crippen molar-refractivity contribution in [1.29, 1.82) is 0 Å². The van der Waals surface area contributed by atoms with Crippen molar-refractivity contribution in [2.75, 3.05) is 18.1 Å². The number of ether oxygens (including phenoxy) is 1. The number of nitrogens with one attached hydrogen (secondary N) is 1. The molecule has 1 atom stereocenters. The number of para-hydroxylation sites is 2. The van der Waals surface area contributed by atoms with Crippen molar-refractivity contribution >= 4 is 17.5 Å². The highest BCUT2D eigenvalue weighted by Crippen LogP contribution is 2.27. The van der Waals surface area contributed by atoms with Gasteiger partial charge in [-0.3, -0.25) is 9.59 Å². The van der Waals surface area contributed by atoms with Crippen molar-refractivity contribution in [3.63, 3.8) is 0 Å². The van der Waals surface area contributed by atoms with Gasteiger partial charge in [0.1, 0.15) is 11.8 Å². The van der Waals surface area contributed by atoms with Crippen LogP contribution in [-0.2, 0) is 16.0 Å². The van der Waals surface area contributed by atoms with E-state index in [-0.39, 0.29) is 11.8 Å². The largest absolute Gasteiger partial charge is 0.494 e. The van der Waals surface area contributed by atoms with Gasteiger partial charge in [-0.2, -0.15) is 0 Å². The molecule has 0 saturated carbocycles. The zero-order chi connectivity index (χ0) is 18.4. The third kappa shape index (κ3) is 4.42. The Morgan fingerprint density at radius 3 is 2.65 bits per heavy atom. The molecule has 5 heteroatoms. The van der Waals surface area contributed by atoms with Gasteiger partial charge in [-0.1, -0.05) is 36.4 Å². The van der Waals surface area contributed by atoms with Gasteiger partial charge >= 0.3 is 0 Å². The van der Waals surface area contributed by atoms with Gasteiger partial charge in [0.2, 0.25) is 11.8 Å². The fourth-order valence-corrected chi connectivity index (χ4v) is 3.12. The summed E-state index contributed by atoms with van der Waals surface area (Å²) in [5, 5.41) is 2.80. The Morgan fingerprint density at radius 2 is 1.85 bits per heavy atom. The molecule has 1 heterocycles. The Hall–Kier alpha value is -2.82. The van der Waals surface area contributed by atoms with Gasteiger partial charge in [0.15, 0.2) is 0 Å². The lowest BCUT2D eigenvalue weighted by Gasteiger charge is -2.22. The predicted molar refractivity (Wildman–Crippen MR) is 101 cm³/mol. The highest BCUT2D eigenvalue weighted by atomic mass is 16.5. The Labute approximate surface area is 154 Å². The standard InChI is InChI=1S/C21H24N2O3/c1-16(21(25)23-14-13-17-8-5-6-11-19(17)23)22-20(24)12-7-15-26-18-9-3-2-4-10-18/h2-6,8-11,16H,7,12-15H2,1H3,(H,22,24)/t16-/m1/s1. The predicted octanol–water partition coefficient (Wildman–Crippen LogP) is 2.94. The van der Waals surface area contributed by atoms with E-state index >= 15 is 0 Å². The van der Waals surface area contributed by atoms with E-state index in [1.54, 1.807) is 11.8 Å². The smallest absolute Gasteiger partial charge is 0.249 e. The Morgan fingerprint density at radius 1 is 1.12 bits per heavy atom. The van der Waals surface area contributed by atoms with Gasteiger partial charge < -0.3 is 15.0 Å². The Bertz CT molecular complexity index is 761. The monoisotopic (exact) mass is 352 g/mol. The molecule has 0 saturated heterocycles. The van der Waals surface area contributed by atoms with E-state index in [2.05, 4.69) is 5.32 Å². The first kappa shape index (κ1) is 18.0. The molecule has 0 spiro atoms. The number of amides is 2. The molecule has 1 aliphatic rings. The van der Waals surface area contributed by atoms with E-state index in [1.807, 2.05) is 54.6 Å². The van der Waals surface area contributed by atoms with Crippen molar-refractivity contribution in [3.8, 4) is 5.75 Å². The summed E-state index contributed by atoms with van der Waals surface area (Å²) in [5.41, 5.74) is 2.13. The third-order valence-corrected chi connectivity index (χ3v) is 4.46. The van der Waals surface area contributed by atoms with Gasteiger partial charge in [0, 0.05) is 18.7 Å². The summed E-state index contributed by atoms with van der Waals surface area (Å²) in [7, 11) is 0. The summed E-state index contributed by atoms with van der Waals surface area (Å²) in [6, 6.07) is 16.9. The highest BCUT2D eigenvalue weighted by molar-refractivity contribution is 6.00. The molecule has 0 radical (unpaired) electrons. The van der Waals surface area contributed by atoms with Crippen molar-refractivity contribution in [2.24, 2.45) is 0 Å². The highest BCUT2D eigenvalue weighted by Gasteiger charge is 2.28. The number of hydrogen-bond donors (Lipinski definition) is 1. The number of fused-ring (bicyclic) bond motifs is 1. The fraction of sp³-hybridized carbons (Fsp3) is 0.333. The average Bonchev–Trinajstić information content (AvgIpc) is 3.09. The van der Waals surface area contributed by atoms with Crippen LogP contribution in [0.5, 0.6) is 5.75 Å². The quantitative estimate of drug-likeness (QED) is 0.780. The van der Waals surface area contributed by atoms with Crippen LogP contribution in [0.25, 0.3) is 0 Å². The van der Waals surface area contributed by atoms with Gasteiger partial charge in [-0.05, 0) is 43.5 Å². The van der Waals surface area contributed by atoms with E-state index in [4.69, 9.17) is 4.74 Å². The number of anilines is 1. The second-order valence-corrected chi connectivity index (χ2v) is 6.42. The Kier molecular flexibility index (Phi) is 5.89. The number of rotatable bonds is 7. The topological polar surface area (TPSA) is 58.6 Å². The molecule has 0 bridgehead atoms. The number of carbonyl (C=O) groups is 2. The zero-order valence-corrected chi connectivity index (χ0v) is 15.0. The van der Waals surface area contributed by atoms with E-state index in [0.717, 1.165) is 17.9 Å². The summed E-state index contributed by atoms with van der Waals surface area (Å²) >= 11 is 0. The van der Waals surface area contributed by atoms with Crippen molar-refractivity contribution in [2.45, 2.75) is 32.2 Å².